The number of hydrogen-bond donors (Lipinski definition) is 0. The minimum atomic E-state index is 0.0701. The van der Waals surface area contributed by atoms with Crippen molar-refractivity contribution in [2.24, 2.45) is 0 Å². The molecule has 1 aliphatic rings. The third-order valence-corrected chi connectivity index (χ3v) is 4.28. The van der Waals surface area contributed by atoms with Gasteiger partial charge in [-0.15, -0.1) is 0 Å². The van der Waals surface area contributed by atoms with E-state index in [1.165, 1.54) is 0 Å². The number of aromatic nitrogens is 3. The maximum absolute atomic E-state index is 12.6. The van der Waals surface area contributed by atoms with Crippen LogP contribution in [0.4, 0.5) is 0 Å². The number of carbonyl (C=O) groups is 1. The first-order chi connectivity index (χ1) is 11.2. The van der Waals surface area contributed by atoms with Crippen molar-refractivity contribution in [3.05, 3.63) is 42.1 Å². The Balaban J connectivity index is 1.75. The van der Waals surface area contributed by atoms with E-state index >= 15 is 0 Å². The molecule has 0 aliphatic carbocycles. The first-order valence-electron chi connectivity index (χ1n) is 8.15. The summed E-state index contributed by atoms with van der Waals surface area (Å²) in [5.74, 6) is 1.83. The Labute approximate surface area is 136 Å². The monoisotopic (exact) mass is 313 g/mol. The molecule has 1 aliphatic heterocycles. The molecule has 1 fully saturated rings. The Kier molecular flexibility index (Phi) is 4.71. The summed E-state index contributed by atoms with van der Waals surface area (Å²) >= 11 is 0. The van der Waals surface area contributed by atoms with Crippen molar-refractivity contribution in [1.29, 1.82) is 0 Å². The highest BCUT2D eigenvalue weighted by atomic mass is 16.2. The largest absolute Gasteiger partial charge is 0.337 e. The zero-order valence-electron chi connectivity index (χ0n) is 13.8. The number of likely N-dealkylation sites (N-methyl/N-ethyl adjacent to an activating group) is 1. The molecule has 6 nitrogen and oxygen atoms in total. The smallest absolute Gasteiger partial charge is 0.255 e. The summed E-state index contributed by atoms with van der Waals surface area (Å²) in [6.07, 6.45) is 7.20. The molecule has 0 aromatic carbocycles. The van der Waals surface area contributed by atoms with Crippen molar-refractivity contribution in [2.45, 2.75) is 19.8 Å². The number of pyridine rings is 1. The quantitative estimate of drug-likeness (QED) is 0.864. The minimum Gasteiger partial charge on any atom is -0.337 e. The van der Waals surface area contributed by atoms with Gasteiger partial charge in [-0.05, 0) is 32.1 Å². The van der Waals surface area contributed by atoms with Crippen LogP contribution < -0.4 is 0 Å². The molecule has 122 valence electrons. The van der Waals surface area contributed by atoms with E-state index in [1.54, 1.807) is 12.4 Å². The van der Waals surface area contributed by atoms with Crippen LogP contribution in [-0.4, -0.2) is 63.5 Å². The van der Waals surface area contributed by atoms with Crippen LogP contribution in [0.1, 0.15) is 29.5 Å². The average Bonchev–Trinajstić information content (AvgIpc) is 2.96. The van der Waals surface area contributed by atoms with Gasteiger partial charge >= 0.3 is 0 Å². The van der Waals surface area contributed by atoms with Gasteiger partial charge in [-0.2, -0.15) is 0 Å². The van der Waals surface area contributed by atoms with E-state index in [0.29, 0.717) is 5.56 Å². The molecule has 0 N–H and O–H groups in total. The van der Waals surface area contributed by atoms with Crippen LogP contribution in [0.15, 0.2) is 30.7 Å². The molecule has 23 heavy (non-hydrogen) atoms. The summed E-state index contributed by atoms with van der Waals surface area (Å²) in [6, 6.07) is 3.75. The van der Waals surface area contributed by atoms with E-state index in [0.717, 1.165) is 50.7 Å². The standard InChI is InChI=1S/C17H23N5O/c1-3-15-18-7-10-22(15)16-6-5-14(13-19-16)17(23)21-9-4-8-20(2)11-12-21/h5-7,10,13H,3-4,8-9,11-12H2,1-2H3. The Morgan fingerprint density at radius 3 is 2.78 bits per heavy atom. The summed E-state index contributed by atoms with van der Waals surface area (Å²) in [5, 5.41) is 0. The average molecular weight is 313 g/mol. The fourth-order valence-electron chi connectivity index (χ4n) is 2.89. The van der Waals surface area contributed by atoms with Crippen LogP contribution >= 0.6 is 0 Å². The van der Waals surface area contributed by atoms with Crippen molar-refractivity contribution >= 4 is 5.91 Å². The minimum absolute atomic E-state index is 0.0701. The van der Waals surface area contributed by atoms with E-state index in [1.807, 2.05) is 27.8 Å². The molecular weight excluding hydrogens is 290 g/mol. The van der Waals surface area contributed by atoms with Crippen molar-refractivity contribution in [3.63, 3.8) is 0 Å². The third-order valence-electron chi connectivity index (χ3n) is 4.28. The first kappa shape index (κ1) is 15.7. The highest BCUT2D eigenvalue weighted by Gasteiger charge is 2.19. The van der Waals surface area contributed by atoms with Gasteiger partial charge in [0.1, 0.15) is 11.6 Å². The lowest BCUT2D eigenvalue weighted by molar-refractivity contribution is 0.0762. The van der Waals surface area contributed by atoms with Crippen LogP contribution in [-0.2, 0) is 6.42 Å². The molecule has 0 saturated carbocycles. The predicted octanol–water partition coefficient (Wildman–Crippen LogP) is 1.61. The third kappa shape index (κ3) is 3.42. The molecule has 0 bridgehead atoms. The fraction of sp³-hybridized carbons (Fsp3) is 0.471. The number of nitrogens with zero attached hydrogens (tertiary/aromatic N) is 5. The topological polar surface area (TPSA) is 54.3 Å². The number of imidazole rings is 1. The Morgan fingerprint density at radius 1 is 1.17 bits per heavy atom. The first-order valence-corrected chi connectivity index (χ1v) is 8.15. The SMILES string of the molecule is CCc1nccn1-c1ccc(C(=O)N2CCCN(C)CC2)cn1. The second kappa shape index (κ2) is 6.91. The van der Waals surface area contributed by atoms with Gasteiger partial charge < -0.3 is 9.80 Å². The van der Waals surface area contributed by atoms with Crippen LogP contribution in [0.2, 0.25) is 0 Å². The van der Waals surface area contributed by atoms with Gasteiger partial charge in [-0.3, -0.25) is 9.36 Å². The molecule has 2 aromatic rings. The van der Waals surface area contributed by atoms with E-state index < -0.39 is 0 Å². The maximum atomic E-state index is 12.6. The van der Waals surface area contributed by atoms with E-state index in [-0.39, 0.29) is 5.91 Å². The molecule has 1 saturated heterocycles. The predicted molar refractivity (Wildman–Crippen MR) is 88.8 cm³/mol. The lowest BCUT2D eigenvalue weighted by Gasteiger charge is -2.20. The summed E-state index contributed by atoms with van der Waals surface area (Å²) in [5.41, 5.74) is 0.650. The highest BCUT2D eigenvalue weighted by Crippen LogP contribution is 2.12. The summed E-state index contributed by atoms with van der Waals surface area (Å²) in [7, 11) is 2.10. The number of amides is 1. The second-order valence-corrected chi connectivity index (χ2v) is 5.92. The normalized spacial score (nSPS) is 16.3. The molecule has 3 heterocycles. The fourth-order valence-corrected chi connectivity index (χ4v) is 2.89. The Morgan fingerprint density at radius 2 is 2.04 bits per heavy atom. The van der Waals surface area contributed by atoms with Crippen LogP contribution in [0.25, 0.3) is 5.82 Å². The van der Waals surface area contributed by atoms with E-state index in [2.05, 4.69) is 28.8 Å². The van der Waals surface area contributed by atoms with Gasteiger partial charge in [-0.1, -0.05) is 6.92 Å². The van der Waals surface area contributed by atoms with E-state index in [4.69, 9.17) is 0 Å². The molecular formula is C17H23N5O. The lowest BCUT2D eigenvalue weighted by Crippen LogP contribution is -2.34. The second-order valence-electron chi connectivity index (χ2n) is 5.92. The number of aryl methyl sites for hydroxylation is 1. The molecule has 2 aromatic heterocycles. The van der Waals surface area contributed by atoms with Crippen LogP contribution in [0.3, 0.4) is 0 Å². The summed E-state index contributed by atoms with van der Waals surface area (Å²) < 4.78 is 1.95. The van der Waals surface area contributed by atoms with Crippen LogP contribution in [0, 0.1) is 0 Å². The number of hydrogen-bond acceptors (Lipinski definition) is 4. The molecule has 1 amide bonds. The zero-order valence-corrected chi connectivity index (χ0v) is 13.8. The summed E-state index contributed by atoms with van der Waals surface area (Å²) in [6.45, 7) is 5.62. The number of rotatable bonds is 3. The molecule has 6 heteroatoms. The van der Waals surface area contributed by atoms with Crippen molar-refractivity contribution < 1.29 is 4.79 Å². The lowest BCUT2D eigenvalue weighted by atomic mass is 10.2. The molecule has 0 atom stereocenters. The molecule has 0 unspecified atom stereocenters. The molecule has 0 spiro atoms. The Hall–Kier alpha value is -2.21. The van der Waals surface area contributed by atoms with E-state index in [9.17, 15) is 4.79 Å². The molecule has 0 radical (unpaired) electrons. The maximum Gasteiger partial charge on any atom is 0.255 e. The summed E-state index contributed by atoms with van der Waals surface area (Å²) in [4.78, 5) is 25.6. The van der Waals surface area contributed by atoms with Gasteiger partial charge in [0.25, 0.3) is 5.91 Å². The number of carbonyl (C=O) groups excluding carboxylic acids is 1. The molecule has 3 rings (SSSR count). The van der Waals surface area contributed by atoms with Gasteiger partial charge in [0.2, 0.25) is 0 Å². The van der Waals surface area contributed by atoms with Gasteiger partial charge in [-0.25, -0.2) is 9.97 Å². The van der Waals surface area contributed by atoms with Gasteiger partial charge in [0.05, 0.1) is 5.56 Å². The van der Waals surface area contributed by atoms with Crippen molar-refractivity contribution in [3.8, 4) is 5.82 Å². The van der Waals surface area contributed by atoms with Crippen molar-refractivity contribution in [2.75, 3.05) is 33.2 Å². The Bertz CT molecular complexity index is 664. The van der Waals surface area contributed by atoms with Gasteiger partial charge in [0, 0.05) is 44.6 Å². The van der Waals surface area contributed by atoms with Crippen LogP contribution in [0.5, 0.6) is 0 Å². The zero-order chi connectivity index (χ0) is 16.2. The highest BCUT2D eigenvalue weighted by molar-refractivity contribution is 5.94. The van der Waals surface area contributed by atoms with Gasteiger partial charge in [0.15, 0.2) is 0 Å². The van der Waals surface area contributed by atoms with Crippen molar-refractivity contribution in [1.82, 2.24) is 24.3 Å².